The van der Waals surface area contributed by atoms with Gasteiger partial charge in [0.05, 0.1) is 0 Å². The first kappa shape index (κ1) is 11.2. The van der Waals surface area contributed by atoms with E-state index in [1.165, 1.54) is 18.2 Å². The van der Waals surface area contributed by atoms with Crippen LogP contribution in [0.4, 0.5) is 13.2 Å². The molecule has 0 saturated heterocycles. The first-order valence-electron chi connectivity index (χ1n) is 4.41. The van der Waals surface area contributed by atoms with Gasteiger partial charge in [0.1, 0.15) is 5.25 Å². The van der Waals surface area contributed by atoms with Crippen molar-refractivity contribution in [3.63, 3.8) is 0 Å². The molecule has 0 N–H and O–H groups in total. The second-order valence-electron chi connectivity index (χ2n) is 3.40. The second-order valence-corrected chi connectivity index (χ2v) is 5.46. The van der Waals surface area contributed by atoms with Gasteiger partial charge < -0.3 is 0 Å². The van der Waals surface area contributed by atoms with E-state index in [0.29, 0.717) is 5.56 Å². The monoisotopic (exact) mass is 248 g/mol. The van der Waals surface area contributed by atoms with Crippen molar-refractivity contribution >= 4 is 15.9 Å². The normalized spacial score (nSPS) is 19.8. The van der Waals surface area contributed by atoms with E-state index in [0.717, 1.165) is 6.08 Å². The van der Waals surface area contributed by atoms with Gasteiger partial charge in [-0.3, -0.25) is 0 Å². The number of sulfone groups is 1. The van der Waals surface area contributed by atoms with E-state index in [1.54, 1.807) is 12.1 Å². The van der Waals surface area contributed by atoms with Crippen LogP contribution < -0.4 is 0 Å². The number of halogens is 3. The maximum absolute atomic E-state index is 12.4. The van der Waals surface area contributed by atoms with Gasteiger partial charge in [-0.05, 0) is 11.1 Å². The molecule has 0 amide bonds. The minimum Gasteiger partial charge on any atom is -0.219 e. The Labute approximate surface area is 90.3 Å². The molecule has 0 spiro atoms. The van der Waals surface area contributed by atoms with Gasteiger partial charge in [-0.25, -0.2) is 8.42 Å². The van der Waals surface area contributed by atoms with E-state index < -0.39 is 20.6 Å². The molecule has 1 aliphatic rings. The molecule has 86 valence electrons. The van der Waals surface area contributed by atoms with Gasteiger partial charge >= 0.3 is 5.51 Å². The number of hydrogen-bond donors (Lipinski definition) is 0. The number of benzene rings is 1. The predicted octanol–water partition coefficient (Wildman–Crippen LogP) is 2.69. The maximum Gasteiger partial charge on any atom is 0.498 e. The van der Waals surface area contributed by atoms with Gasteiger partial charge in [-0.1, -0.05) is 36.4 Å². The Bertz CT molecular complexity index is 543. The third-order valence-electron chi connectivity index (χ3n) is 2.41. The van der Waals surface area contributed by atoms with Crippen molar-refractivity contribution < 1.29 is 21.6 Å². The molecule has 0 aromatic heterocycles. The van der Waals surface area contributed by atoms with Gasteiger partial charge in [0.25, 0.3) is 9.84 Å². The van der Waals surface area contributed by atoms with Crippen LogP contribution in [0, 0.1) is 0 Å². The molecule has 1 aromatic rings. The lowest BCUT2D eigenvalue weighted by Crippen LogP contribution is -2.27. The van der Waals surface area contributed by atoms with E-state index in [1.807, 2.05) is 0 Å². The summed E-state index contributed by atoms with van der Waals surface area (Å²) < 4.78 is 59.6. The van der Waals surface area contributed by atoms with Crippen molar-refractivity contribution in [2.45, 2.75) is 10.8 Å². The molecule has 2 nitrogen and oxygen atoms in total. The van der Waals surface area contributed by atoms with Crippen LogP contribution in [0.5, 0.6) is 0 Å². The molecule has 0 bridgehead atoms. The largest absolute Gasteiger partial charge is 0.498 e. The highest BCUT2D eigenvalue weighted by atomic mass is 32.2. The molecule has 6 heteroatoms. The Morgan fingerprint density at radius 2 is 1.75 bits per heavy atom. The Morgan fingerprint density at radius 3 is 2.38 bits per heavy atom. The molecular weight excluding hydrogens is 241 g/mol. The van der Waals surface area contributed by atoms with Crippen LogP contribution in [-0.2, 0) is 9.84 Å². The van der Waals surface area contributed by atoms with E-state index in [2.05, 4.69) is 0 Å². The van der Waals surface area contributed by atoms with Crippen LogP contribution in [-0.4, -0.2) is 13.9 Å². The summed E-state index contributed by atoms with van der Waals surface area (Å²) in [6.07, 6.45) is 2.46. The molecular formula is C10H7F3O2S. The molecule has 0 saturated carbocycles. The number of rotatable bonds is 1. The molecule has 1 aromatic carbocycles. The smallest absolute Gasteiger partial charge is 0.219 e. The quantitative estimate of drug-likeness (QED) is 0.765. The summed E-state index contributed by atoms with van der Waals surface area (Å²) in [5.41, 5.74) is -4.53. The summed E-state index contributed by atoms with van der Waals surface area (Å²) in [6, 6.07) is 6.14. The predicted molar refractivity (Wildman–Crippen MR) is 53.2 cm³/mol. The summed E-state index contributed by atoms with van der Waals surface area (Å²) in [6.45, 7) is 0. The van der Waals surface area contributed by atoms with Gasteiger partial charge in [0, 0.05) is 0 Å². The highest BCUT2D eigenvalue weighted by molar-refractivity contribution is 7.92. The van der Waals surface area contributed by atoms with Gasteiger partial charge in [-0.15, -0.1) is 0 Å². The Morgan fingerprint density at radius 1 is 1.12 bits per heavy atom. The molecule has 1 aliphatic carbocycles. The average molecular weight is 248 g/mol. The molecule has 2 rings (SSSR count). The lowest BCUT2D eigenvalue weighted by Gasteiger charge is -2.14. The standard InChI is InChI=1S/C10H7F3O2S/c11-10(12,13)16(14,15)9-6-5-7-3-1-2-4-8(7)9/h1-6,9H. The van der Waals surface area contributed by atoms with E-state index in [4.69, 9.17) is 0 Å². The third-order valence-corrected chi connectivity index (χ3v) is 4.13. The third kappa shape index (κ3) is 1.53. The Balaban J connectivity index is 2.52. The highest BCUT2D eigenvalue weighted by Crippen LogP contribution is 2.41. The summed E-state index contributed by atoms with van der Waals surface area (Å²) >= 11 is 0. The Kier molecular flexibility index (Phi) is 2.34. The van der Waals surface area contributed by atoms with Crippen LogP contribution >= 0.6 is 0 Å². The Hall–Kier alpha value is -1.30. The van der Waals surface area contributed by atoms with Crippen LogP contribution in [0.25, 0.3) is 6.08 Å². The van der Waals surface area contributed by atoms with Crippen LogP contribution in [0.2, 0.25) is 0 Å². The summed E-state index contributed by atoms with van der Waals surface area (Å²) in [5.74, 6) is 0. The molecule has 0 heterocycles. The second kappa shape index (κ2) is 3.35. The summed E-state index contributed by atoms with van der Waals surface area (Å²) in [7, 11) is -5.18. The van der Waals surface area contributed by atoms with Crippen LogP contribution in [0.15, 0.2) is 30.3 Å². The SMILES string of the molecule is O=S(=O)(C1C=Cc2ccccc21)C(F)(F)F. The average Bonchev–Trinajstić information content (AvgIpc) is 2.59. The van der Waals surface area contributed by atoms with Gasteiger partial charge in [-0.2, -0.15) is 13.2 Å². The fraction of sp³-hybridized carbons (Fsp3) is 0.200. The first-order chi connectivity index (χ1) is 7.34. The molecule has 16 heavy (non-hydrogen) atoms. The molecule has 0 radical (unpaired) electrons. The van der Waals surface area contributed by atoms with Crippen molar-refractivity contribution in [3.05, 3.63) is 41.5 Å². The minimum atomic E-state index is -5.22. The zero-order valence-corrected chi connectivity index (χ0v) is 8.72. The maximum atomic E-state index is 12.4. The molecule has 0 aliphatic heterocycles. The number of hydrogen-bond acceptors (Lipinski definition) is 2. The minimum absolute atomic E-state index is 0.180. The van der Waals surface area contributed by atoms with Gasteiger partial charge in [0.15, 0.2) is 0 Å². The van der Waals surface area contributed by atoms with Crippen LogP contribution in [0.3, 0.4) is 0 Å². The van der Waals surface area contributed by atoms with Crippen molar-refractivity contribution in [2.24, 2.45) is 0 Å². The fourth-order valence-electron chi connectivity index (χ4n) is 1.63. The zero-order valence-electron chi connectivity index (χ0n) is 7.90. The number of fused-ring (bicyclic) bond motifs is 1. The molecule has 1 unspecified atom stereocenters. The topological polar surface area (TPSA) is 34.1 Å². The lowest BCUT2D eigenvalue weighted by atomic mass is 10.1. The van der Waals surface area contributed by atoms with E-state index in [-0.39, 0.29) is 5.56 Å². The van der Waals surface area contributed by atoms with E-state index in [9.17, 15) is 21.6 Å². The van der Waals surface area contributed by atoms with Crippen LogP contribution in [0.1, 0.15) is 16.4 Å². The number of alkyl halides is 3. The van der Waals surface area contributed by atoms with Gasteiger partial charge in [0.2, 0.25) is 0 Å². The van der Waals surface area contributed by atoms with Crippen molar-refractivity contribution in [2.75, 3.05) is 0 Å². The summed E-state index contributed by atoms with van der Waals surface area (Å²) in [5, 5.41) is -1.61. The van der Waals surface area contributed by atoms with Crippen molar-refractivity contribution in [3.8, 4) is 0 Å². The zero-order chi connectivity index (χ0) is 12.0. The fourth-order valence-corrected chi connectivity index (χ4v) is 2.75. The summed E-state index contributed by atoms with van der Waals surface area (Å²) in [4.78, 5) is 0. The lowest BCUT2D eigenvalue weighted by molar-refractivity contribution is -0.0441. The highest BCUT2D eigenvalue weighted by Gasteiger charge is 2.51. The first-order valence-corrected chi connectivity index (χ1v) is 5.96. The molecule has 1 atom stereocenters. The van der Waals surface area contributed by atoms with Crippen molar-refractivity contribution in [1.82, 2.24) is 0 Å². The van der Waals surface area contributed by atoms with E-state index >= 15 is 0 Å². The van der Waals surface area contributed by atoms with Crippen molar-refractivity contribution in [1.29, 1.82) is 0 Å². The molecule has 0 fully saturated rings.